The van der Waals surface area contributed by atoms with Crippen molar-refractivity contribution < 1.29 is 9.53 Å². The van der Waals surface area contributed by atoms with E-state index < -0.39 is 0 Å². The maximum Gasteiger partial charge on any atom is 0.260 e. The highest BCUT2D eigenvalue weighted by atomic mass is 16.5. The third kappa shape index (κ3) is 3.73. The standard InChI is InChI=1S/C16H24N2O2/c1-13-7-6-8-14(11-17)16(13)20-12-15(19)18-9-4-2-3-5-10-18/h6-8H,2-5,9-12,17H2,1H3. The molecule has 0 bridgehead atoms. The van der Waals surface area contributed by atoms with E-state index >= 15 is 0 Å². The zero-order chi connectivity index (χ0) is 14.4. The van der Waals surface area contributed by atoms with Crippen LogP contribution in [0.4, 0.5) is 0 Å². The van der Waals surface area contributed by atoms with Gasteiger partial charge in [-0.3, -0.25) is 4.79 Å². The van der Waals surface area contributed by atoms with Crippen LogP contribution in [-0.2, 0) is 11.3 Å². The maximum atomic E-state index is 12.2. The van der Waals surface area contributed by atoms with E-state index in [2.05, 4.69) is 0 Å². The van der Waals surface area contributed by atoms with Gasteiger partial charge < -0.3 is 15.4 Å². The van der Waals surface area contributed by atoms with Crippen LogP contribution in [0.25, 0.3) is 0 Å². The highest BCUT2D eigenvalue weighted by Crippen LogP contribution is 2.23. The van der Waals surface area contributed by atoms with Gasteiger partial charge in [-0.2, -0.15) is 0 Å². The Morgan fingerprint density at radius 1 is 1.25 bits per heavy atom. The fourth-order valence-corrected chi connectivity index (χ4v) is 2.63. The highest BCUT2D eigenvalue weighted by Gasteiger charge is 2.16. The Kier molecular flexibility index (Phi) is 5.41. The third-order valence-corrected chi connectivity index (χ3v) is 3.81. The Labute approximate surface area is 120 Å². The molecule has 1 heterocycles. The van der Waals surface area contributed by atoms with E-state index in [-0.39, 0.29) is 12.5 Å². The molecule has 1 aliphatic rings. The molecule has 0 aromatic heterocycles. The number of amides is 1. The summed E-state index contributed by atoms with van der Waals surface area (Å²) in [6.07, 6.45) is 4.65. The number of benzene rings is 1. The van der Waals surface area contributed by atoms with Crippen molar-refractivity contribution >= 4 is 5.91 Å². The summed E-state index contributed by atoms with van der Waals surface area (Å²) in [5, 5.41) is 0. The number of rotatable bonds is 4. The van der Waals surface area contributed by atoms with E-state index in [9.17, 15) is 4.79 Å². The van der Waals surface area contributed by atoms with Gasteiger partial charge >= 0.3 is 0 Å². The molecule has 1 aliphatic heterocycles. The number of nitrogens with two attached hydrogens (primary N) is 1. The van der Waals surface area contributed by atoms with Gasteiger partial charge in [-0.1, -0.05) is 31.0 Å². The van der Waals surface area contributed by atoms with Crippen molar-refractivity contribution in [2.45, 2.75) is 39.2 Å². The Morgan fingerprint density at radius 2 is 1.95 bits per heavy atom. The first-order valence-electron chi connectivity index (χ1n) is 7.41. The number of carbonyl (C=O) groups is 1. The summed E-state index contributed by atoms with van der Waals surface area (Å²) in [5.41, 5.74) is 7.69. The van der Waals surface area contributed by atoms with Gasteiger partial charge in [0.2, 0.25) is 0 Å². The molecule has 20 heavy (non-hydrogen) atoms. The molecule has 0 unspecified atom stereocenters. The largest absolute Gasteiger partial charge is 0.483 e. The number of para-hydroxylation sites is 1. The number of nitrogens with zero attached hydrogens (tertiary/aromatic N) is 1. The second-order valence-corrected chi connectivity index (χ2v) is 5.35. The van der Waals surface area contributed by atoms with Gasteiger partial charge in [0.25, 0.3) is 5.91 Å². The van der Waals surface area contributed by atoms with Crippen LogP contribution in [0.1, 0.15) is 36.8 Å². The summed E-state index contributed by atoms with van der Waals surface area (Å²) >= 11 is 0. The van der Waals surface area contributed by atoms with Crippen molar-refractivity contribution in [2.75, 3.05) is 19.7 Å². The van der Waals surface area contributed by atoms with E-state index in [4.69, 9.17) is 10.5 Å². The molecular weight excluding hydrogens is 252 g/mol. The number of likely N-dealkylation sites (tertiary alicyclic amines) is 1. The number of hydrogen-bond donors (Lipinski definition) is 1. The van der Waals surface area contributed by atoms with E-state index in [1.165, 1.54) is 12.8 Å². The van der Waals surface area contributed by atoms with Crippen molar-refractivity contribution in [2.24, 2.45) is 5.73 Å². The molecule has 1 aromatic carbocycles. The molecule has 4 nitrogen and oxygen atoms in total. The van der Waals surface area contributed by atoms with Gasteiger partial charge in [0.15, 0.2) is 6.61 Å². The monoisotopic (exact) mass is 276 g/mol. The Balaban J connectivity index is 1.96. The zero-order valence-electron chi connectivity index (χ0n) is 12.2. The third-order valence-electron chi connectivity index (χ3n) is 3.81. The molecule has 0 saturated carbocycles. The highest BCUT2D eigenvalue weighted by molar-refractivity contribution is 5.77. The minimum absolute atomic E-state index is 0.0816. The minimum atomic E-state index is 0.0816. The first-order chi connectivity index (χ1) is 9.72. The molecule has 0 radical (unpaired) electrons. The van der Waals surface area contributed by atoms with Gasteiger partial charge in [0.1, 0.15) is 5.75 Å². The van der Waals surface area contributed by atoms with Gasteiger partial charge in [0.05, 0.1) is 0 Å². The topological polar surface area (TPSA) is 55.6 Å². The molecule has 0 atom stereocenters. The van der Waals surface area contributed by atoms with Crippen LogP contribution in [0.2, 0.25) is 0 Å². The van der Waals surface area contributed by atoms with Crippen LogP contribution < -0.4 is 10.5 Å². The summed E-state index contributed by atoms with van der Waals surface area (Å²) in [4.78, 5) is 14.1. The Morgan fingerprint density at radius 3 is 2.60 bits per heavy atom. The van der Waals surface area contributed by atoms with Crippen LogP contribution in [0, 0.1) is 6.92 Å². The second kappa shape index (κ2) is 7.29. The molecule has 1 amide bonds. The van der Waals surface area contributed by atoms with Crippen LogP contribution in [-0.4, -0.2) is 30.5 Å². The smallest absolute Gasteiger partial charge is 0.260 e. The lowest BCUT2D eigenvalue weighted by Crippen LogP contribution is -2.35. The number of ether oxygens (including phenoxy) is 1. The summed E-state index contributed by atoms with van der Waals surface area (Å²) in [6, 6.07) is 5.88. The molecule has 2 N–H and O–H groups in total. The molecule has 1 aromatic rings. The molecule has 1 saturated heterocycles. The van der Waals surface area contributed by atoms with Crippen LogP contribution in [0.15, 0.2) is 18.2 Å². The molecule has 110 valence electrons. The average molecular weight is 276 g/mol. The lowest BCUT2D eigenvalue weighted by Gasteiger charge is -2.21. The molecular formula is C16H24N2O2. The van der Waals surface area contributed by atoms with E-state index in [0.29, 0.717) is 6.54 Å². The van der Waals surface area contributed by atoms with Crippen molar-refractivity contribution in [3.8, 4) is 5.75 Å². The van der Waals surface area contributed by atoms with E-state index in [1.54, 1.807) is 0 Å². The molecule has 2 rings (SSSR count). The van der Waals surface area contributed by atoms with Crippen molar-refractivity contribution in [1.82, 2.24) is 4.90 Å². The second-order valence-electron chi connectivity index (χ2n) is 5.35. The fourth-order valence-electron chi connectivity index (χ4n) is 2.63. The summed E-state index contributed by atoms with van der Waals surface area (Å²) in [7, 11) is 0. The Bertz CT molecular complexity index is 452. The number of hydrogen-bond acceptors (Lipinski definition) is 3. The predicted octanol–water partition coefficient (Wildman–Crippen LogP) is 2.24. The van der Waals surface area contributed by atoms with E-state index in [1.807, 2.05) is 30.0 Å². The average Bonchev–Trinajstić information content (AvgIpc) is 2.74. The van der Waals surface area contributed by atoms with E-state index in [0.717, 1.165) is 42.8 Å². The van der Waals surface area contributed by atoms with Gasteiger partial charge in [-0.05, 0) is 25.3 Å². The maximum absolute atomic E-state index is 12.2. The molecule has 0 aliphatic carbocycles. The SMILES string of the molecule is Cc1cccc(CN)c1OCC(=O)N1CCCCCC1. The van der Waals surface area contributed by atoms with Crippen LogP contribution in [0.3, 0.4) is 0 Å². The van der Waals surface area contributed by atoms with Crippen LogP contribution >= 0.6 is 0 Å². The zero-order valence-corrected chi connectivity index (χ0v) is 12.2. The fraction of sp³-hybridized carbons (Fsp3) is 0.562. The predicted molar refractivity (Wildman–Crippen MR) is 79.6 cm³/mol. The first-order valence-corrected chi connectivity index (χ1v) is 7.41. The minimum Gasteiger partial charge on any atom is -0.483 e. The first kappa shape index (κ1) is 14.9. The summed E-state index contributed by atoms with van der Waals surface area (Å²) in [5.74, 6) is 0.844. The van der Waals surface area contributed by atoms with Gasteiger partial charge in [-0.25, -0.2) is 0 Å². The van der Waals surface area contributed by atoms with Crippen molar-refractivity contribution in [3.63, 3.8) is 0 Å². The summed E-state index contributed by atoms with van der Waals surface area (Å²) in [6.45, 7) is 4.23. The molecule has 4 heteroatoms. The van der Waals surface area contributed by atoms with Crippen LogP contribution in [0.5, 0.6) is 5.75 Å². The number of carbonyl (C=O) groups excluding carboxylic acids is 1. The normalized spacial score (nSPS) is 15.8. The lowest BCUT2D eigenvalue weighted by atomic mass is 10.1. The van der Waals surface area contributed by atoms with Crippen molar-refractivity contribution in [3.05, 3.63) is 29.3 Å². The summed E-state index contributed by atoms with van der Waals surface area (Å²) < 4.78 is 5.74. The van der Waals surface area contributed by atoms with Crippen molar-refractivity contribution in [1.29, 1.82) is 0 Å². The molecule has 0 spiro atoms. The lowest BCUT2D eigenvalue weighted by molar-refractivity contribution is -0.133. The van der Waals surface area contributed by atoms with Gasteiger partial charge in [0, 0.05) is 25.2 Å². The number of aryl methyl sites for hydroxylation is 1. The van der Waals surface area contributed by atoms with Gasteiger partial charge in [-0.15, -0.1) is 0 Å². The molecule has 1 fully saturated rings. The quantitative estimate of drug-likeness (QED) is 0.917. The Hall–Kier alpha value is -1.55.